The van der Waals surface area contributed by atoms with Crippen LogP contribution < -0.4 is 48.1 Å². The van der Waals surface area contributed by atoms with E-state index < -0.39 is 23.6 Å². The minimum Gasteiger partial charge on any atom is -0.494 e. The number of carbonyl (C=O) groups excluding carboxylic acids is 4. The van der Waals surface area contributed by atoms with Crippen LogP contribution in [0.2, 0.25) is 0 Å². The largest absolute Gasteiger partial charge is 0.494 e. The van der Waals surface area contributed by atoms with E-state index in [0.29, 0.717) is 53.3 Å². The van der Waals surface area contributed by atoms with Gasteiger partial charge in [0.2, 0.25) is 23.1 Å². The third-order valence-electron chi connectivity index (χ3n) is 9.64. The first-order chi connectivity index (χ1) is 29.7. The monoisotopic (exact) mass is 852 g/mol. The lowest BCUT2D eigenvalue weighted by atomic mass is 10.1. The molecule has 330 valence electrons. The van der Waals surface area contributed by atoms with E-state index in [9.17, 15) is 19.2 Å². The third kappa shape index (κ3) is 11.6. The number of hydrogen-bond donors (Lipinski definition) is 9. The Morgan fingerprint density at radius 3 is 1.68 bits per heavy atom. The molecule has 62 heavy (non-hydrogen) atoms. The third-order valence-corrected chi connectivity index (χ3v) is 9.64. The summed E-state index contributed by atoms with van der Waals surface area (Å²) in [5.41, 5.74) is 14.5. The molecule has 0 spiro atoms. The van der Waals surface area contributed by atoms with Crippen molar-refractivity contribution in [1.82, 2.24) is 40.0 Å². The number of aromatic amines is 2. The highest BCUT2D eigenvalue weighted by Gasteiger charge is 2.19. The molecular weight excluding hydrogens is 797 g/mol. The van der Waals surface area contributed by atoms with Crippen LogP contribution in [-0.2, 0) is 22.7 Å². The van der Waals surface area contributed by atoms with Crippen molar-refractivity contribution in [3.05, 3.63) is 82.3 Å². The number of ether oxygens (including phenoxy) is 2. The molecule has 0 radical (unpaired) electrons. The Morgan fingerprint density at radius 1 is 0.774 bits per heavy atom. The van der Waals surface area contributed by atoms with E-state index in [1.54, 1.807) is 41.2 Å². The lowest BCUT2D eigenvalue weighted by molar-refractivity contribution is -0.115. The van der Waals surface area contributed by atoms with Crippen LogP contribution in [0, 0.1) is 10.8 Å². The maximum Gasteiger partial charge on any atom is 0.296 e. The number of nitrogens with zero attached hydrogens (tertiary/aromatic N) is 5. The normalized spacial score (nSPS) is 14.5. The second-order valence-electron chi connectivity index (χ2n) is 14.4. The summed E-state index contributed by atoms with van der Waals surface area (Å²) in [6.07, 6.45) is 7.14. The first-order valence-electron chi connectivity index (χ1n) is 20.3. The molecule has 1 saturated heterocycles. The van der Waals surface area contributed by atoms with Gasteiger partial charge in [-0.2, -0.15) is 9.98 Å². The van der Waals surface area contributed by atoms with Crippen molar-refractivity contribution in [3.8, 4) is 11.5 Å². The van der Waals surface area contributed by atoms with Gasteiger partial charge in [-0.05, 0) is 70.5 Å². The van der Waals surface area contributed by atoms with E-state index in [1.165, 1.54) is 25.3 Å². The molecule has 0 aliphatic carbocycles. The minimum atomic E-state index is -0.679. The number of fused-ring (bicyclic) bond motifs is 2. The number of methoxy groups -OCH3 is 1. The van der Waals surface area contributed by atoms with E-state index in [2.05, 4.69) is 40.8 Å². The summed E-state index contributed by atoms with van der Waals surface area (Å²) in [5.74, 6) is -1.95. The van der Waals surface area contributed by atoms with E-state index >= 15 is 0 Å². The lowest BCUT2D eigenvalue weighted by Crippen LogP contribution is -2.43. The van der Waals surface area contributed by atoms with Crippen molar-refractivity contribution in [2.75, 3.05) is 59.5 Å². The number of piperazine rings is 1. The summed E-state index contributed by atoms with van der Waals surface area (Å²) in [7, 11) is 1.45. The number of carbonyl (C=O) groups is 4. The zero-order chi connectivity index (χ0) is 44.9. The number of nitrogens with one attached hydrogen (secondary N) is 7. The zero-order valence-corrected chi connectivity index (χ0v) is 35.7. The van der Waals surface area contributed by atoms with Crippen LogP contribution in [0.15, 0.2) is 69.9 Å². The first kappa shape index (κ1) is 46.0. The van der Waals surface area contributed by atoms with Gasteiger partial charge in [0.05, 0.1) is 24.8 Å². The van der Waals surface area contributed by atoms with Crippen LogP contribution in [0.4, 0.5) is 0 Å². The van der Waals surface area contributed by atoms with Gasteiger partial charge in [0, 0.05) is 81.5 Å². The molecular formula is C42H56N14O6. The number of nitrogens with two attached hydrogens (primary N) is 2. The van der Waals surface area contributed by atoms with Crippen LogP contribution in [0.25, 0.3) is 22.1 Å². The Balaban J connectivity index is 1.62. The molecule has 4 amide bonds. The van der Waals surface area contributed by atoms with Gasteiger partial charge in [-0.15, -0.1) is 0 Å². The van der Waals surface area contributed by atoms with Gasteiger partial charge in [0.1, 0.15) is 33.9 Å². The molecule has 11 N–H and O–H groups in total. The van der Waals surface area contributed by atoms with Crippen molar-refractivity contribution >= 4 is 57.1 Å². The lowest BCUT2D eigenvalue weighted by Gasteiger charge is -2.27. The summed E-state index contributed by atoms with van der Waals surface area (Å²) in [4.78, 5) is 69.3. The van der Waals surface area contributed by atoms with Crippen LogP contribution in [-0.4, -0.2) is 119 Å². The Bertz CT molecular complexity index is 2600. The molecule has 3 heterocycles. The van der Waals surface area contributed by atoms with Crippen LogP contribution in [0.3, 0.4) is 0 Å². The predicted octanol–water partition coefficient (Wildman–Crippen LogP) is 1.31. The Kier molecular flexibility index (Phi) is 15.9. The second-order valence-corrected chi connectivity index (χ2v) is 14.4. The molecule has 20 heteroatoms. The number of hydrogen-bond acceptors (Lipinski definition) is 12. The number of benzene rings is 2. The molecule has 4 aromatic rings. The molecule has 0 unspecified atom stereocenters. The molecule has 0 saturated carbocycles. The smallest absolute Gasteiger partial charge is 0.296 e. The fraction of sp³-hybridized carbons (Fsp3) is 0.381. The maximum atomic E-state index is 13.6. The van der Waals surface area contributed by atoms with E-state index in [-0.39, 0.29) is 58.3 Å². The molecule has 20 nitrogen and oxygen atoms in total. The SMILES string of the molecule is CCN/C(=C\C(C)=N)C(=O)/N=c1\[nH]c2cc(C(N)=O)cc(OC)c2n1C/C=C/Cn1/c(=N/C(=O)/C(=C/C(C)=N)NCC)[nH]c2cc(C(N)=O)cc(OCCCN3CCNCC3)c21. The Labute approximate surface area is 357 Å². The molecule has 5 rings (SSSR count). The summed E-state index contributed by atoms with van der Waals surface area (Å²) >= 11 is 0. The van der Waals surface area contributed by atoms with Crippen molar-refractivity contribution in [2.24, 2.45) is 21.5 Å². The molecule has 0 atom stereocenters. The van der Waals surface area contributed by atoms with Crippen molar-refractivity contribution in [2.45, 2.75) is 47.2 Å². The van der Waals surface area contributed by atoms with Gasteiger partial charge >= 0.3 is 0 Å². The Morgan fingerprint density at radius 2 is 1.24 bits per heavy atom. The highest BCUT2D eigenvalue weighted by atomic mass is 16.5. The van der Waals surface area contributed by atoms with E-state index in [0.717, 1.165) is 39.1 Å². The van der Waals surface area contributed by atoms with Gasteiger partial charge in [-0.1, -0.05) is 12.2 Å². The molecule has 2 aromatic heterocycles. The number of rotatable bonds is 20. The zero-order valence-electron chi connectivity index (χ0n) is 35.7. The molecule has 0 bridgehead atoms. The van der Waals surface area contributed by atoms with Crippen LogP contribution in [0.5, 0.6) is 11.5 Å². The standard InChI is InChI=1S/C42H56N14O6/c1-6-48-31(19-25(3)43)39(59)52-41-50-29-21-27(37(45)57)23-33(61-5)35(29)55(41)14-8-9-15-56-36-30(51-42(56)53-40(60)32(49-7-2)20-26(4)44)22-28(38(46)58)24-34(36)62-18-10-13-54-16-11-47-12-17-54/h8-9,19-24,43-44,47-49H,6-7,10-18H2,1-5H3,(H2,45,57)(H2,46,58)(H,50,52,59)(H,51,53,60)/b9-8+,31-19-,32-20-,43-25?,44-26?. The summed E-state index contributed by atoms with van der Waals surface area (Å²) in [6, 6.07) is 6.20. The average Bonchev–Trinajstić information content (AvgIpc) is 3.76. The fourth-order valence-electron chi connectivity index (χ4n) is 6.90. The second kappa shape index (κ2) is 21.5. The highest BCUT2D eigenvalue weighted by Crippen LogP contribution is 2.28. The van der Waals surface area contributed by atoms with Crippen LogP contribution in [0.1, 0.15) is 54.8 Å². The number of primary amides is 2. The van der Waals surface area contributed by atoms with E-state index in [4.69, 9.17) is 31.8 Å². The fourth-order valence-corrected chi connectivity index (χ4v) is 6.90. The number of H-pyrrole nitrogens is 2. The topological polar surface area (TPSA) is 292 Å². The van der Waals surface area contributed by atoms with Crippen molar-refractivity contribution in [3.63, 3.8) is 0 Å². The first-order valence-corrected chi connectivity index (χ1v) is 20.3. The Hall–Kier alpha value is -7.06. The van der Waals surface area contributed by atoms with E-state index in [1.807, 2.05) is 26.0 Å². The number of likely N-dealkylation sites (N-methyl/N-ethyl adjacent to an activating group) is 2. The summed E-state index contributed by atoms with van der Waals surface area (Å²) in [5, 5.41) is 25.2. The number of aromatic nitrogens is 4. The number of amides is 4. The summed E-state index contributed by atoms with van der Waals surface area (Å²) in [6.45, 7) is 12.7. The van der Waals surface area contributed by atoms with Crippen molar-refractivity contribution in [1.29, 1.82) is 10.8 Å². The minimum absolute atomic E-state index is 0.122. The highest BCUT2D eigenvalue weighted by molar-refractivity contribution is 6.03. The van der Waals surface area contributed by atoms with Gasteiger partial charge in [0.25, 0.3) is 11.8 Å². The van der Waals surface area contributed by atoms with Gasteiger partial charge in [-0.25, -0.2) is 0 Å². The number of imidazole rings is 2. The molecule has 1 aliphatic rings. The predicted molar refractivity (Wildman–Crippen MR) is 236 cm³/mol. The van der Waals surface area contributed by atoms with Crippen LogP contribution >= 0.6 is 0 Å². The van der Waals surface area contributed by atoms with Crippen molar-refractivity contribution < 1.29 is 28.7 Å². The summed E-state index contributed by atoms with van der Waals surface area (Å²) < 4.78 is 15.5. The quantitative estimate of drug-likeness (QED) is 0.0266. The molecule has 1 aliphatic heterocycles. The number of allylic oxidation sites excluding steroid dienone is 4. The molecule has 1 fully saturated rings. The average molecular weight is 853 g/mol. The van der Waals surface area contributed by atoms with Gasteiger partial charge in [0.15, 0.2) is 0 Å². The van der Waals surface area contributed by atoms with Gasteiger partial charge < -0.3 is 71.7 Å². The maximum absolute atomic E-state index is 13.6. The van der Waals surface area contributed by atoms with Gasteiger partial charge in [-0.3, -0.25) is 19.2 Å². The molecule has 2 aromatic carbocycles.